The van der Waals surface area contributed by atoms with Gasteiger partial charge in [-0.15, -0.1) is 0 Å². The minimum Gasteiger partial charge on any atom is -0.477 e. The lowest BCUT2D eigenvalue weighted by molar-refractivity contribution is 0.0697. The third-order valence-corrected chi connectivity index (χ3v) is 2.08. The number of pyridine rings is 1. The largest absolute Gasteiger partial charge is 0.477 e. The van der Waals surface area contributed by atoms with Gasteiger partial charge in [-0.1, -0.05) is 6.07 Å². The fourth-order valence-corrected chi connectivity index (χ4v) is 1.43. The van der Waals surface area contributed by atoms with E-state index >= 15 is 0 Å². The van der Waals surface area contributed by atoms with Crippen molar-refractivity contribution < 1.29 is 14.3 Å². The highest BCUT2D eigenvalue weighted by atomic mass is 19.1. The van der Waals surface area contributed by atoms with Crippen LogP contribution in [0.15, 0.2) is 29.2 Å². The van der Waals surface area contributed by atoms with Gasteiger partial charge in [-0.2, -0.15) is 0 Å². The maximum absolute atomic E-state index is 12.8. The van der Waals surface area contributed by atoms with Crippen molar-refractivity contribution in [3.05, 3.63) is 46.1 Å². The zero-order chi connectivity index (χ0) is 11.0. The minimum absolute atomic E-state index is 0.229. The number of benzene rings is 1. The summed E-state index contributed by atoms with van der Waals surface area (Å²) in [5.41, 5.74) is -1.06. The molecule has 1 aromatic heterocycles. The van der Waals surface area contributed by atoms with Crippen molar-refractivity contribution in [1.29, 1.82) is 0 Å². The van der Waals surface area contributed by atoms with E-state index in [0.29, 0.717) is 5.39 Å². The number of aromatic amines is 1. The Kier molecular flexibility index (Phi) is 2.00. The summed E-state index contributed by atoms with van der Waals surface area (Å²) in [7, 11) is 0. The number of fused-ring (bicyclic) bond motifs is 1. The number of aromatic nitrogens is 1. The van der Waals surface area contributed by atoms with Gasteiger partial charge in [0, 0.05) is 17.0 Å². The van der Waals surface area contributed by atoms with E-state index in [1.807, 2.05) is 0 Å². The molecule has 0 saturated heterocycles. The van der Waals surface area contributed by atoms with Gasteiger partial charge < -0.3 is 10.1 Å². The molecule has 2 rings (SSSR count). The topological polar surface area (TPSA) is 70.2 Å². The zero-order valence-electron chi connectivity index (χ0n) is 7.45. The van der Waals surface area contributed by atoms with Gasteiger partial charge in [0.05, 0.1) is 0 Å². The molecule has 0 amide bonds. The van der Waals surface area contributed by atoms with Gasteiger partial charge in [0.15, 0.2) is 0 Å². The highest BCUT2D eigenvalue weighted by Gasteiger charge is 2.13. The monoisotopic (exact) mass is 207 g/mol. The molecule has 0 aliphatic carbocycles. The molecule has 76 valence electrons. The molecule has 0 fully saturated rings. The lowest BCUT2D eigenvalue weighted by atomic mass is 10.1. The maximum Gasteiger partial charge on any atom is 0.341 e. The van der Waals surface area contributed by atoms with Gasteiger partial charge in [0.1, 0.15) is 11.4 Å². The molecule has 0 aliphatic heterocycles. The number of rotatable bonds is 1. The average Bonchev–Trinajstić information content (AvgIpc) is 2.17. The van der Waals surface area contributed by atoms with Crippen molar-refractivity contribution in [3.63, 3.8) is 0 Å². The van der Waals surface area contributed by atoms with Gasteiger partial charge in [0.25, 0.3) is 5.56 Å². The molecule has 1 aromatic carbocycles. The first kappa shape index (κ1) is 9.39. The van der Waals surface area contributed by atoms with E-state index in [-0.39, 0.29) is 10.9 Å². The number of hydrogen-bond acceptors (Lipinski definition) is 2. The van der Waals surface area contributed by atoms with E-state index < -0.39 is 17.3 Å². The molecule has 2 aromatic rings. The van der Waals surface area contributed by atoms with Crippen molar-refractivity contribution >= 4 is 16.7 Å². The van der Waals surface area contributed by atoms with Crippen LogP contribution in [0.1, 0.15) is 10.4 Å². The quantitative estimate of drug-likeness (QED) is 0.741. The Morgan fingerprint density at radius 2 is 2.13 bits per heavy atom. The molecule has 4 nitrogen and oxygen atoms in total. The summed E-state index contributed by atoms with van der Waals surface area (Å²) in [4.78, 5) is 24.3. The second-order valence-electron chi connectivity index (χ2n) is 3.03. The summed E-state index contributed by atoms with van der Waals surface area (Å²) < 4.78 is 12.8. The Hall–Kier alpha value is -2.17. The first-order valence-corrected chi connectivity index (χ1v) is 4.14. The summed E-state index contributed by atoms with van der Waals surface area (Å²) in [5, 5.41) is 9.40. The second kappa shape index (κ2) is 3.20. The number of halogens is 1. The van der Waals surface area contributed by atoms with Crippen LogP contribution in [0.2, 0.25) is 0 Å². The van der Waals surface area contributed by atoms with Crippen LogP contribution < -0.4 is 5.56 Å². The molecule has 1 heterocycles. The highest BCUT2D eigenvalue weighted by Crippen LogP contribution is 2.16. The number of carboxylic acids is 1. The van der Waals surface area contributed by atoms with Gasteiger partial charge in [-0.3, -0.25) is 4.79 Å². The zero-order valence-corrected chi connectivity index (χ0v) is 7.45. The van der Waals surface area contributed by atoms with E-state index in [4.69, 9.17) is 5.11 Å². The molecule has 5 heteroatoms. The molecule has 0 unspecified atom stereocenters. The van der Waals surface area contributed by atoms with Crippen molar-refractivity contribution in [3.8, 4) is 0 Å². The summed E-state index contributed by atoms with van der Waals surface area (Å²) in [5.74, 6) is -1.81. The van der Waals surface area contributed by atoms with Gasteiger partial charge in [-0.05, 0) is 12.1 Å². The Morgan fingerprint density at radius 1 is 1.40 bits per heavy atom. The fourth-order valence-electron chi connectivity index (χ4n) is 1.43. The Balaban J connectivity index is 2.94. The van der Waals surface area contributed by atoms with E-state index in [1.165, 1.54) is 12.3 Å². The summed E-state index contributed by atoms with van der Waals surface area (Å²) in [6.07, 6.45) is 1.28. The number of carboxylic acid groups (broad SMARTS) is 1. The number of H-pyrrole nitrogens is 1. The molecule has 0 aliphatic rings. The Bertz CT molecular complexity index is 603. The Morgan fingerprint density at radius 3 is 2.80 bits per heavy atom. The molecule has 0 saturated carbocycles. The Labute approximate surface area is 83.0 Å². The van der Waals surface area contributed by atoms with E-state index in [2.05, 4.69) is 4.98 Å². The lowest BCUT2D eigenvalue weighted by Crippen LogP contribution is -2.17. The van der Waals surface area contributed by atoms with Crippen molar-refractivity contribution in [2.45, 2.75) is 0 Å². The molecule has 0 spiro atoms. The number of carbonyl (C=O) groups is 1. The highest BCUT2D eigenvalue weighted by molar-refractivity contribution is 6.02. The number of nitrogens with one attached hydrogen (secondary N) is 1. The molecule has 0 atom stereocenters. The molecular weight excluding hydrogens is 201 g/mol. The molecule has 15 heavy (non-hydrogen) atoms. The second-order valence-corrected chi connectivity index (χ2v) is 3.03. The van der Waals surface area contributed by atoms with E-state index in [1.54, 1.807) is 0 Å². The molecule has 2 N–H and O–H groups in total. The fraction of sp³-hybridized carbons (Fsp3) is 0. The molecule has 0 bridgehead atoms. The molecule has 0 radical (unpaired) electrons. The van der Waals surface area contributed by atoms with Crippen molar-refractivity contribution in [2.24, 2.45) is 0 Å². The van der Waals surface area contributed by atoms with E-state index in [9.17, 15) is 14.0 Å². The van der Waals surface area contributed by atoms with Gasteiger partial charge in [-0.25, -0.2) is 9.18 Å². The smallest absolute Gasteiger partial charge is 0.341 e. The van der Waals surface area contributed by atoms with Gasteiger partial charge >= 0.3 is 5.97 Å². The van der Waals surface area contributed by atoms with Crippen molar-refractivity contribution in [2.75, 3.05) is 0 Å². The summed E-state index contributed by atoms with van der Waals surface area (Å²) in [6.45, 7) is 0. The first-order valence-electron chi connectivity index (χ1n) is 4.14. The molecular formula is C10H6FNO3. The van der Waals surface area contributed by atoms with Crippen LogP contribution in [0.25, 0.3) is 10.8 Å². The third kappa shape index (κ3) is 1.48. The standard InChI is InChI=1S/C10H6FNO3/c11-6-1-2-7-5(3-6)4-12-9(13)8(7)10(14)15/h1-4H,(H,12,13)(H,14,15). The van der Waals surface area contributed by atoms with Gasteiger partial charge in [0.2, 0.25) is 0 Å². The van der Waals surface area contributed by atoms with Crippen LogP contribution in [-0.4, -0.2) is 16.1 Å². The summed E-state index contributed by atoms with van der Waals surface area (Å²) >= 11 is 0. The summed E-state index contributed by atoms with van der Waals surface area (Å²) in [6, 6.07) is 3.56. The predicted molar refractivity (Wildman–Crippen MR) is 51.5 cm³/mol. The maximum atomic E-state index is 12.8. The van der Waals surface area contributed by atoms with Crippen LogP contribution in [0.3, 0.4) is 0 Å². The predicted octanol–water partition coefficient (Wildman–Crippen LogP) is 1.37. The minimum atomic E-state index is -1.33. The third-order valence-electron chi connectivity index (χ3n) is 2.08. The van der Waals surface area contributed by atoms with Crippen LogP contribution in [0, 0.1) is 5.82 Å². The first-order chi connectivity index (χ1) is 7.09. The normalized spacial score (nSPS) is 10.5. The lowest BCUT2D eigenvalue weighted by Gasteiger charge is -2.00. The number of aromatic carboxylic acids is 1. The average molecular weight is 207 g/mol. The van der Waals surface area contributed by atoms with Crippen LogP contribution in [0.4, 0.5) is 4.39 Å². The number of hydrogen-bond donors (Lipinski definition) is 2. The van der Waals surface area contributed by atoms with Crippen LogP contribution >= 0.6 is 0 Å². The van der Waals surface area contributed by atoms with Crippen LogP contribution in [-0.2, 0) is 0 Å². The van der Waals surface area contributed by atoms with Crippen molar-refractivity contribution in [1.82, 2.24) is 4.98 Å². The van der Waals surface area contributed by atoms with E-state index in [0.717, 1.165) is 12.1 Å². The SMILES string of the molecule is O=C(O)c1c(=O)[nH]cc2cc(F)ccc12. The van der Waals surface area contributed by atoms with Crippen LogP contribution in [0.5, 0.6) is 0 Å².